The molecule has 218 valence electrons. The zero-order chi connectivity index (χ0) is 28.2. The molecule has 3 aromatic carbocycles. The summed E-state index contributed by atoms with van der Waals surface area (Å²) in [5.74, 6) is 0. The van der Waals surface area contributed by atoms with Gasteiger partial charge in [-0.25, -0.2) is 0 Å². The topological polar surface area (TPSA) is 0 Å². The molecule has 0 N–H and O–H groups in total. The molecule has 0 amide bonds. The number of hydrogen-bond acceptors (Lipinski definition) is 0. The van der Waals surface area contributed by atoms with Gasteiger partial charge >= 0.3 is 246 Å². The molecule has 1 aliphatic rings. The summed E-state index contributed by atoms with van der Waals surface area (Å²) in [6.45, 7) is 25.6. The molecule has 0 heterocycles. The van der Waals surface area contributed by atoms with Crippen LogP contribution < -0.4 is 52.8 Å². The van der Waals surface area contributed by atoms with E-state index in [9.17, 15) is 0 Å². The quantitative estimate of drug-likeness (QED) is 0.241. The first-order chi connectivity index (χ1) is 17.5. The Morgan fingerprint density at radius 1 is 0.537 bits per heavy atom. The maximum absolute atomic E-state index is 2.64. The second-order valence-corrected chi connectivity index (χ2v) is 18.4. The number of halogens is 3. The Morgan fingerprint density at radius 3 is 1.17 bits per heavy atom. The average molecular weight is 660 g/mol. The second-order valence-electron chi connectivity index (χ2n) is 13.7. The molecule has 0 nitrogen and oxygen atoms in total. The summed E-state index contributed by atoms with van der Waals surface area (Å²) >= 11 is 2.33. The van der Waals surface area contributed by atoms with Crippen LogP contribution >= 0.6 is 0 Å². The van der Waals surface area contributed by atoms with Crippen molar-refractivity contribution in [2.24, 2.45) is 0 Å². The van der Waals surface area contributed by atoms with Crippen molar-refractivity contribution in [1.29, 1.82) is 0 Å². The summed E-state index contributed by atoms with van der Waals surface area (Å²) < 4.78 is 1.51. The van der Waals surface area contributed by atoms with Crippen LogP contribution in [0, 0.1) is 27.7 Å². The van der Waals surface area contributed by atoms with Crippen molar-refractivity contribution >= 4 is 23.6 Å². The van der Waals surface area contributed by atoms with Crippen molar-refractivity contribution in [3.05, 3.63) is 109 Å². The minimum Gasteiger partial charge on any atom is -1.00 e. The summed E-state index contributed by atoms with van der Waals surface area (Å²) in [4.78, 5) is 0. The van der Waals surface area contributed by atoms with Gasteiger partial charge in [0.05, 0.1) is 0 Å². The molecular formula is C36H45Cl3SiTi. The molecule has 4 rings (SSSR count). The molecule has 0 radical (unpaired) electrons. The number of benzene rings is 3. The third kappa shape index (κ3) is 7.54. The molecule has 0 bridgehead atoms. The fourth-order valence-electron chi connectivity index (χ4n) is 6.17. The van der Waals surface area contributed by atoms with E-state index >= 15 is 0 Å². The molecular weight excluding hydrogens is 615 g/mol. The molecule has 0 unspecified atom stereocenters. The van der Waals surface area contributed by atoms with Gasteiger partial charge in [0.15, 0.2) is 0 Å². The van der Waals surface area contributed by atoms with Gasteiger partial charge in [0.25, 0.3) is 0 Å². The van der Waals surface area contributed by atoms with Crippen molar-refractivity contribution in [2.45, 2.75) is 93.4 Å². The normalized spacial score (nSPS) is 13.7. The van der Waals surface area contributed by atoms with Gasteiger partial charge in [-0.05, 0) is 0 Å². The Morgan fingerprint density at radius 2 is 0.878 bits per heavy atom. The van der Waals surface area contributed by atoms with Crippen LogP contribution in [0.3, 0.4) is 0 Å². The van der Waals surface area contributed by atoms with Crippen LogP contribution in [0.25, 0.3) is 0 Å². The van der Waals surface area contributed by atoms with E-state index in [1.807, 2.05) is 0 Å². The van der Waals surface area contributed by atoms with Crippen LogP contribution in [0.4, 0.5) is 0 Å². The largest absolute Gasteiger partial charge is 1.00 e. The van der Waals surface area contributed by atoms with E-state index in [1.165, 1.54) is 58.4 Å². The fraction of sp³-hybridized carbons (Fsp3) is 0.389. The van der Waals surface area contributed by atoms with Gasteiger partial charge in [-0.1, -0.05) is 0 Å². The Hall–Kier alpha value is -1.06. The number of allylic oxidation sites excluding steroid dienone is 4. The Kier molecular flexibility index (Phi) is 12.7. The molecule has 0 fully saturated rings. The zero-order valence-electron chi connectivity index (χ0n) is 26.6. The molecule has 41 heavy (non-hydrogen) atoms. The summed E-state index contributed by atoms with van der Waals surface area (Å²) in [7, 11) is -2.64. The summed E-state index contributed by atoms with van der Waals surface area (Å²) in [6, 6.07) is 22.3. The minimum atomic E-state index is -2.64. The van der Waals surface area contributed by atoms with E-state index in [0.717, 1.165) is 6.42 Å². The van der Waals surface area contributed by atoms with Crippen molar-refractivity contribution in [3.63, 3.8) is 0 Å². The third-order valence-corrected chi connectivity index (χ3v) is 13.9. The predicted octanol–water partition coefficient (Wildman–Crippen LogP) is -1.31. The zero-order valence-corrected chi connectivity index (χ0v) is 31.4. The Labute approximate surface area is 281 Å². The molecule has 0 spiro atoms. The van der Waals surface area contributed by atoms with E-state index in [0.29, 0.717) is 0 Å². The molecule has 3 aromatic rings. The van der Waals surface area contributed by atoms with Crippen LogP contribution in [0.15, 0.2) is 75.3 Å². The van der Waals surface area contributed by atoms with E-state index in [2.05, 4.69) is 157 Å². The maximum Gasteiger partial charge on any atom is -1.00 e. The molecule has 0 saturated carbocycles. The fourth-order valence-corrected chi connectivity index (χ4v) is 12.3. The summed E-state index contributed by atoms with van der Waals surface area (Å²) in [5.41, 5.74) is 9.88. The Balaban J connectivity index is 0.00000280. The molecule has 0 aromatic heterocycles. The maximum atomic E-state index is 2.58. The number of rotatable bonds is 4. The van der Waals surface area contributed by atoms with Gasteiger partial charge < -0.3 is 37.2 Å². The third-order valence-electron chi connectivity index (χ3n) is 8.18. The SMILES string of the molecule is CC1=[C]([Ti+3])CC=C1[Si](c1cc(C)cc(C)c1)(c1cc(C)cc(C)c1)c1cc(C(C)(C)C)cc(C(C)(C)C)c1.[Cl-].[Cl-].[Cl-]. The van der Waals surface area contributed by atoms with Crippen molar-refractivity contribution in [3.8, 4) is 0 Å². The monoisotopic (exact) mass is 658 g/mol. The van der Waals surface area contributed by atoms with Crippen molar-refractivity contribution < 1.29 is 57.7 Å². The average Bonchev–Trinajstić information content (AvgIpc) is 3.10. The van der Waals surface area contributed by atoms with E-state index in [4.69, 9.17) is 0 Å². The first kappa shape index (κ1) is 38.0. The smallest absolute Gasteiger partial charge is 1.00 e. The van der Waals surface area contributed by atoms with Crippen LogP contribution in [-0.2, 0) is 31.3 Å². The van der Waals surface area contributed by atoms with E-state index in [1.54, 1.807) is 5.20 Å². The van der Waals surface area contributed by atoms with Gasteiger partial charge in [-0.15, -0.1) is 0 Å². The first-order valence-corrected chi connectivity index (χ1v) is 16.8. The van der Waals surface area contributed by atoms with Gasteiger partial charge in [0, 0.05) is 0 Å². The number of aryl methyl sites for hydroxylation is 4. The Bertz CT molecular complexity index is 1340. The van der Waals surface area contributed by atoms with E-state index < -0.39 is 8.07 Å². The molecule has 5 heteroatoms. The van der Waals surface area contributed by atoms with Gasteiger partial charge in [-0.2, -0.15) is 0 Å². The first-order valence-electron chi connectivity index (χ1n) is 14.0. The van der Waals surface area contributed by atoms with Crippen LogP contribution in [0.5, 0.6) is 0 Å². The van der Waals surface area contributed by atoms with Gasteiger partial charge in [-0.3, -0.25) is 0 Å². The van der Waals surface area contributed by atoms with Crippen molar-refractivity contribution in [1.82, 2.24) is 0 Å². The summed E-state index contributed by atoms with van der Waals surface area (Å²) in [5, 5.41) is 6.11. The molecule has 0 saturated heterocycles. The minimum absolute atomic E-state index is 0. The number of hydrogen-bond donors (Lipinski definition) is 0. The van der Waals surface area contributed by atoms with Crippen LogP contribution in [0.2, 0.25) is 0 Å². The van der Waals surface area contributed by atoms with E-state index in [-0.39, 0.29) is 48.1 Å². The standard InChI is InChI=1S/C36H45Si.3ClH.Ti/c1-24-15-25(2)18-31(17-24)37(34-14-12-13-28(34)5,32-19-26(3)16-27(4)20-32)33-22-29(35(6,7)8)21-30(23-33)36(9,10)11;;;;/h14-23H,12H2,1-11H3;3*1H;/q;;;;+3/p-3. The second kappa shape index (κ2) is 13.7. The summed E-state index contributed by atoms with van der Waals surface area (Å²) in [6.07, 6.45) is 3.63. The predicted molar refractivity (Wildman–Crippen MR) is 166 cm³/mol. The molecule has 1 aliphatic carbocycles. The van der Waals surface area contributed by atoms with Gasteiger partial charge in [0.2, 0.25) is 0 Å². The molecule has 0 aliphatic heterocycles. The van der Waals surface area contributed by atoms with Crippen LogP contribution in [-0.4, -0.2) is 8.07 Å². The van der Waals surface area contributed by atoms with Gasteiger partial charge in [0.1, 0.15) is 0 Å². The van der Waals surface area contributed by atoms with Crippen LogP contribution in [0.1, 0.15) is 88.3 Å². The molecule has 0 atom stereocenters. The van der Waals surface area contributed by atoms with Crippen molar-refractivity contribution in [2.75, 3.05) is 0 Å².